The van der Waals surface area contributed by atoms with Crippen molar-refractivity contribution in [2.24, 2.45) is 0 Å². The van der Waals surface area contributed by atoms with E-state index in [2.05, 4.69) is 20.9 Å². The van der Waals surface area contributed by atoms with Crippen molar-refractivity contribution in [3.63, 3.8) is 0 Å². The van der Waals surface area contributed by atoms with Gasteiger partial charge >= 0.3 is 6.18 Å². The number of benzene rings is 1. The zero-order chi connectivity index (χ0) is 15.6. The van der Waals surface area contributed by atoms with Crippen molar-refractivity contribution in [3.8, 4) is 5.75 Å². The van der Waals surface area contributed by atoms with Crippen LogP contribution in [0.2, 0.25) is 0 Å². The molecule has 0 saturated heterocycles. The summed E-state index contributed by atoms with van der Waals surface area (Å²) in [5, 5.41) is 11.1. The van der Waals surface area contributed by atoms with E-state index >= 15 is 0 Å². The molecule has 0 aliphatic heterocycles. The number of nitro benzene ring substituents is 1. The first kappa shape index (κ1) is 15.5. The highest BCUT2D eigenvalue weighted by molar-refractivity contribution is 9.09. The first-order valence-corrected chi connectivity index (χ1v) is 6.58. The molecule has 0 saturated carbocycles. The number of nitro groups is 1. The van der Waals surface area contributed by atoms with Gasteiger partial charge in [0.2, 0.25) is 0 Å². The van der Waals surface area contributed by atoms with Crippen LogP contribution in [0.4, 0.5) is 18.9 Å². The second kappa shape index (κ2) is 5.84. The summed E-state index contributed by atoms with van der Waals surface area (Å²) in [5.41, 5.74) is -0.0368. The molecule has 1 atom stereocenters. The lowest BCUT2D eigenvalue weighted by Crippen LogP contribution is -2.28. The summed E-state index contributed by atoms with van der Waals surface area (Å²) < 4.78 is 42.3. The lowest BCUT2D eigenvalue weighted by Gasteiger charge is -2.15. The van der Waals surface area contributed by atoms with Crippen LogP contribution in [-0.4, -0.2) is 27.5 Å². The molecule has 0 amide bonds. The third-order valence-corrected chi connectivity index (χ3v) is 3.43. The molecule has 1 heterocycles. The van der Waals surface area contributed by atoms with Gasteiger partial charge in [-0.3, -0.25) is 15.1 Å². The number of ether oxygens (including phenoxy) is 1. The van der Waals surface area contributed by atoms with Crippen LogP contribution in [0.25, 0.3) is 10.9 Å². The SMILES string of the molecule is O=[N+]([O-])c1ccc(OCC(Br)C(F)(F)F)c2ncccc12. The standard InChI is InChI=1S/C12H8BrF3N2O3/c13-10(12(14,15)16)6-21-9-4-3-8(18(19)20)7-2-1-5-17-11(7)9/h1-5,10H,6H2. The number of hydrogen-bond acceptors (Lipinski definition) is 4. The molecule has 5 nitrogen and oxygen atoms in total. The van der Waals surface area contributed by atoms with Gasteiger partial charge in [-0.15, -0.1) is 0 Å². The molecule has 1 aromatic carbocycles. The Morgan fingerprint density at radius 3 is 2.71 bits per heavy atom. The van der Waals surface area contributed by atoms with E-state index in [0.717, 1.165) is 0 Å². The zero-order valence-electron chi connectivity index (χ0n) is 10.3. The van der Waals surface area contributed by atoms with E-state index in [1.54, 1.807) is 0 Å². The molecule has 0 spiro atoms. The van der Waals surface area contributed by atoms with Crippen LogP contribution in [-0.2, 0) is 0 Å². The summed E-state index contributed by atoms with van der Waals surface area (Å²) >= 11 is 2.48. The van der Waals surface area contributed by atoms with Crippen molar-refractivity contribution in [1.29, 1.82) is 0 Å². The monoisotopic (exact) mass is 364 g/mol. The van der Waals surface area contributed by atoms with Gasteiger partial charge in [0.05, 0.1) is 10.3 Å². The van der Waals surface area contributed by atoms with Crippen molar-refractivity contribution in [3.05, 3.63) is 40.6 Å². The summed E-state index contributed by atoms with van der Waals surface area (Å²) in [6, 6.07) is 5.38. The second-order valence-corrected chi connectivity index (χ2v) is 5.16. The Kier molecular flexibility index (Phi) is 4.31. The number of alkyl halides is 4. The molecule has 0 radical (unpaired) electrons. The molecule has 2 rings (SSSR count). The first-order chi connectivity index (χ1) is 9.80. The normalized spacial score (nSPS) is 13.1. The van der Waals surface area contributed by atoms with Crippen LogP contribution >= 0.6 is 15.9 Å². The predicted molar refractivity (Wildman–Crippen MR) is 72.7 cm³/mol. The highest BCUT2D eigenvalue weighted by Gasteiger charge is 2.38. The van der Waals surface area contributed by atoms with Gasteiger partial charge < -0.3 is 4.74 Å². The average Bonchev–Trinajstić information content (AvgIpc) is 2.42. The minimum atomic E-state index is -4.44. The van der Waals surface area contributed by atoms with Gasteiger partial charge in [0, 0.05) is 12.3 Å². The van der Waals surface area contributed by atoms with Crippen molar-refractivity contribution < 1.29 is 22.8 Å². The topological polar surface area (TPSA) is 65.3 Å². The van der Waals surface area contributed by atoms with Gasteiger partial charge in [-0.25, -0.2) is 0 Å². The molecule has 1 aromatic heterocycles. The number of fused-ring (bicyclic) bond motifs is 1. The number of pyridine rings is 1. The van der Waals surface area contributed by atoms with E-state index in [9.17, 15) is 23.3 Å². The summed E-state index contributed by atoms with van der Waals surface area (Å²) in [7, 11) is 0. The molecular weight excluding hydrogens is 357 g/mol. The Morgan fingerprint density at radius 2 is 2.10 bits per heavy atom. The van der Waals surface area contributed by atoms with Crippen LogP contribution < -0.4 is 4.74 Å². The molecule has 21 heavy (non-hydrogen) atoms. The van der Waals surface area contributed by atoms with Crippen LogP contribution in [0.5, 0.6) is 5.75 Å². The van der Waals surface area contributed by atoms with Gasteiger partial charge in [0.15, 0.2) is 0 Å². The van der Waals surface area contributed by atoms with E-state index in [0.29, 0.717) is 0 Å². The summed E-state index contributed by atoms with van der Waals surface area (Å²) in [6.07, 6.45) is -3.06. The molecular formula is C12H8BrF3N2O3. The van der Waals surface area contributed by atoms with E-state index in [1.807, 2.05) is 0 Å². The minimum Gasteiger partial charge on any atom is -0.490 e. The van der Waals surface area contributed by atoms with Crippen LogP contribution in [0, 0.1) is 10.1 Å². The predicted octanol–water partition coefficient (Wildman–Crippen LogP) is 3.85. The Morgan fingerprint density at radius 1 is 1.38 bits per heavy atom. The van der Waals surface area contributed by atoms with Gasteiger partial charge in [0.25, 0.3) is 5.69 Å². The van der Waals surface area contributed by atoms with E-state index < -0.39 is 22.5 Å². The van der Waals surface area contributed by atoms with Crippen molar-refractivity contribution in [1.82, 2.24) is 4.98 Å². The van der Waals surface area contributed by atoms with Gasteiger partial charge in [-0.2, -0.15) is 13.2 Å². The fourth-order valence-electron chi connectivity index (χ4n) is 1.66. The van der Waals surface area contributed by atoms with Crippen LogP contribution in [0.1, 0.15) is 0 Å². The van der Waals surface area contributed by atoms with E-state index in [1.165, 1.54) is 30.5 Å². The highest BCUT2D eigenvalue weighted by Crippen LogP contribution is 2.32. The molecule has 0 fully saturated rings. The summed E-state index contributed by atoms with van der Waals surface area (Å²) in [5.74, 6) is 0.0601. The van der Waals surface area contributed by atoms with Crippen molar-refractivity contribution in [2.45, 2.75) is 11.0 Å². The molecule has 112 valence electrons. The highest BCUT2D eigenvalue weighted by atomic mass is 79.9. The maximum atomic E-state index is 12.4. The number of non-ortho nitro benzene ring substituents is 1. The maximum absolute atomic E-state index is 12.4. The number of halogens is 4. The lowest BCUT2D eigenvalue weighted by molar-refractivity contribution is -0.383. The molecule has 2 aromatic rings. The lowest BCUT2D eigenvalue weighted by atomic mass is 10.1. The van der Waals surface area contributed by atoms with Crippen molar-refractivity contribution >= 4 is 32.5 Å². The molecule has 9 heteroatoms. The zero-order valence-corrected chi connectivity index (χ0v) is 11.9. The number of hydrogen-bond donors (Lipinski definition) is 0. The number of aromatic nitrogens is 1. The Labute approximate surface area is 125 Å². The van der Waals surface area contributed by atoms with Crippen molar-refractivity contribution in [2.75, 3.05) is 6.61 Å². The van der Waals surface area contributed by atoms with Crippen LogP contribution in [0.15, 0.2) is 30.5 Å². The molecule has 1 unspecified atom stereocenters. The summed E-state index contributed by atoms with van der Waals surface area (Å²) in [4.78, 5) is 12.4. The molecule has 0 aliphatic rings. The Bertz CT molecular complexity index is 678. The Balaban J connectivity index is 2.34. The van der Waals surface area contributed by atoms with E-state index in [-0.39, 0.29) is 22.3 Å². The van der Waals surface area contributed by atoms with E-state index in [4.69, 9.17) is 4.74 Å². The molecule has 0 aliphatic carbocycles. The fourth-order valence-corrected chi connectivity index (χ4v) is 1.80. The minimum absolute atomic E-state index is 0.0601. The van der Waals surface area contributed by atoms with Gasteiger partial charge in [-0.1, -0.05) is 15.9 Å². The smallest absolute Gasteiger partial charge is 0.404 e. The quantitative estimate of drug-likeness (QED) is 0.469. The third kappa shape index (κ3) is 3.41. The third-order valence-electron chi connectivity index (χ3n) is 2.65. The summed E-state index contributed by atoms with van der Waals surface area (Å²) in [6.45, 7) is -0.660. The maximum Gasteiger partial charge on any atom is 0.404 e. The average molecular weight is 365 g/mol. The van der Waals surface area contributed by atoms with Gasteiger partial charge in [-0.05, 0) is 18.2 Å². The number of nitrogens with zero attached hydrogens (tertiary/aromatic N) is 2. The second-order valence-electron chi connectivity index (χ2n) is 4.06. The van der Waals surface area contributed by atoms with Crippen LogP contribution in [0.3, 0.4) is 0 Å². The fraction of sp³-hybridized carbons (Fsp3) is 0.250. The van der Waals surface area contributed by atoms with Gasteiger partial charge in [0.1, 0.15) is 22.7 Å². The molecule has 0 bridgehead atoms. The molecule has 0 N–H and O–H groups in total. The largest absolute Gasteiger partial charge is 0.490 e. The Hall–Kier alpha value is -1.90. The number of rotatable bonds is 4. The first-order valence-electron chi connectivity index (χ1n) is 5.66.